The number of aryl methyl sites for hydroxylation is 2. The van der Waals surface area contributed by atoms with E-state index in [0.717, 1.165) is 5.56 Å². The molecular weight excluding hydrogens is 295 g/mol. The number of hydrogen-bond donors (Lipinski definition) is 2. The fourth-order valence-electron chi connectivity index (χ4n) is 2.15. The number of halogens is 1. The topological polar surface area (TPSA) is 24.1 Å². The SMILES string of the molecule is Cc1ccc([C@@H](C)NC(=S)NCc2ccc(F)cc2)cc1C. The summed E-state index contributed by atoms with van der Waals surface area (Å²) < 4.78 is 12.8. The zero-order chi connectivity index (χ0) is 16.1. The molecule has 0 aliphatic rings. The normalized spacial score (nSPS) is 11.8. The number of rotatable bonds is 4. The van der Waals surface area contributed by atoms with Gasteiger partial charge in [0.2, 0.25) is 0 Å². The van der Waals surface area contributed by atoms with Crippen LogP contribution in [-0.4, -0.2) is 5.11 Å². The van der Waals surface area contributed by atoms with Crippen molar-refractivity contribution in [1.82, 2.24) is 10.6 Å². The molecule has 4 heteroatoms. The molecule has 0 amide bonds. The molecule has 0 radical (unpaired) electrons. The van der Waals surface area contributed by atoms with Crippen LogP contribution in [0.5, 0.6) is 0 Å². The van der Waals surface area contributed by atoms with E-state index >= 15 is 0 Å². The lowest BCUT2D eigenvalue weighted by atomic mass is 10.0. The van der Waals surface area contributed by atoms with E-state index in [1.165, 1.54) is 28.8 Å². The van der Waals surface area contributed by atoms with E-state index in [0.29, 0.717) is 11.7 Å². The van der Waals surface area contributed by atoms with Crippen LogP contribution in [-0.2, 0) is 6.54 Å². The van der Waals surface area contributed by atoms with Gasteiger partial charge in [0.15, 0.2) is 5.11 Å². The Balaban J connectivity index is 1.88. The monoisotopic (exact) mass is 316 g/mol. The minimum atomic E-state index is -0.229. The molecule has 0 bridgehead atoms. The minimum Gasteiger partial charge on any atom is -0.359 e. The third-order valence-electron chi connectivity index (χ3n) is 3.74. The lowest BCUT2D eigenvalue weighted by Gasteiger charge is -2.18. The summed E-state index contributed by atoms with van der Waals surface area (Å²) in [6, 6.07) is 12.9. The van der Waals surface area contributed by atoms with Crippen LogP contribution in [0.2, 0.25) is 0 Å². The van der Waals surface area contributed by atoms with Gasteiger partial charge in [-0.1, -0.05) is 30.3 Å². The molecule has 0 fully saturated rings. The Labute approximate surface area is 136 Å². The van der Waals surface area contributed by atoms with Crippen molar-refractivity contribution in [1.29, 1.82) is 0 Å². The lowest BCUT2D eigenvalue weighted by Crippen LogP contribution is -2.36. The van der Waals surface area contributed by atoms with E-state index in [9.17, 15) is 4.39 Å². The van der Waals surface area contributed by atoms with Crippen molar-refractivity contribution in [2.45, 2.75) is 33.4 Å². The van der Waals surface area contributed by atoms with E-state index in [1.807, 2.05) is 0 Å². The maximum absolute atomic E-state index is 12.8. The molecule has 22 heavy (non-hydrogen) atoms. The second-order valence-electron chi connectivity index (χ2n) is 5.52. The summed E-state index contributed by atoms with van der Waals surface area (Å²) in [7, 11) is 0. The lowest BCUT2D eigenvalue weighted by molar-refractivity contribution is 0.626. The van der Waals surface area contributed by atoms with Crippen LogP contribution >= 0.6 is 12.2 Å². The van der Waals surface area contributed by atoms with Crippen LogP contribution in [0.3, 0.4) is 0 Å². The molecule has 1 atom stereocenters. The molecule has 2 N–H and O–H groups in total. The molecule has 0 aliphatic carbocycles. The predicted octanol–water partition coefficient (Wildman–Crippen LogP) is 4.17. The van der Waals surface area contributed by atoms with Gasteiger partial charge in [-0.25, -0.2) is 4.39 Å². The number of nitrogens with one attached hydrogen (secondary N) is 2. The van der Waals surface area contributed by atoms with Gasteiger partial charge in [-0.15, -0.1) is 0 Å². The van der Waals surface area contributed by atoms with Crippen molar-refractivity contribution < 1.29 is 4.39 Å². The van der Waals surface area contributed by atoms with Gasteiger partial charge in [-0.05, 0) is 67.4 Å². The van der Waals surface area contributed by atoms with Crippen molar-refractivity contribution in [2.24, 2.45) is 0 Å². The molecule has 0 saturated carbocycles. The summed E-state index contributed by atoms with van der Waals surface area (Å²) in [4.78, 5) is 0. The van der Waals surface area contributed by atoms with Crippen LogP contribution in [0.1, 0.15) is 35.2 Å². The van der Waals surface area contributed by atoms with E-state index in [-0.39, 0.29) is 11.9 Å². The summed E-state index contributed by atoms with van der Waals surface area (Å²) in [5, 5.41) is 7.01. The molecule has 0 heterocycles. The molecule has 2 rings (SSSR count). The molecule has 0 aromatic heterocycles. The highest BCUT2D eigenvalue weighted by Crippen LogP contribution is 2.16. The van der Waals surface area contributed by atoms with Gasteiger partial charge < -0.3 is 10.6 Å². The average Bonchev–Trinajstić information content (AvgIpc) is 2.49. The van der Waals surface area contributed by atoms with Gasteiger partial charge >= 0.3 is 0 Å². The first kappa shape index (κ1) is 16.4. The van der Waals surface area contributed by atoms with Crippen molar-refractivity contribution in [3.63, 3.8) is 0 Å². The summed E-state index contributed by atoms with van der Waals surface area (Å²) in [5.74, 6) is -0.229. The highest BCUT2D eigenvalue weighted by Gasteiger charge is 2.07. The molecule has 2 nitrogen and oxygen atoms in total. The zero-order valence-corrected chi connectivity index (χ0v) is 13.9. The fourth-order valence-corrected chi connectivity index (χ4v) is 2.40. The molecular formula is C18H21FN2S. The van der Waals surface area contributed by atoms with Crippen LogP contribution in [0.15, 0.2) is 42.5 Å². The van der Waals surface area contributed by atoms with Crippen LogP contribution in [0.4, 0.5) is 4.39 Å². The van der Waals surface area contributed by atoms with Gasteiger partial charge in [0.05, 0.1) is 6.04 Å². The van der Waals surface area contributed by atoms with Crippen molar-refractivity contribution in [2.75, 3.05) is 0 Å². The van der Waals surface area contributed by atoms with Crippen molar-refractivity contribution >= 4 is 17.3 Å². The molecule has 0 spiro atoms. The van der Waals surface area contributed by atoms with Gasteiger partial charge in [-0.3, -0.25) is 0 Å². The fraction of sp³-hybridized carbons (Fsp3) is 0.278. The third-order valence-corrected chi connectivity index (χ3v) is 4.01. The minimum absolute atomic E-state index is 0.132. The van der Waals surface area contributed by atoms with Crippen molar-refractivity contribution in [3.05, 3.63) is 70.5 Å². The Hall–Kier alpha value is -1.94. The molecule has 0 saturated heterocycles. The first-order valence-electron chi connectivity index (χ1n) is 7.31. The van der Waals surface area contributed by atoms with Crippen molar-refractivity contribution in [3.8, 4) is 0 Å². The van der Waals surface area contributed by atoms with Gasteiger partial charge in [-0.2, -0.15) is 0 Å². The average molecular weight is 316 g/mol. The summed E-state index contributed by atoms with van der Waals surface area (Å²) in [6.07, 6.45) is 0. The zero-order valence-electron chi connectivity index (χ0n) is 13.1. The highest BCUT2D eigenvalue weighted by molar-refractivity contribution is 7.80. The molecule has 0 aliphatic heterocycles. The standard InChI is InChI=1S/C18H21FN2S/c1-12-4-7-16(10-13(12)2)14(3)21-18(22)20-11-15-5-8-17(19)9-6-15/h4-10,14H,11H2,1-3H3,(H2,20,21,22)/t14-/m1/s1. The van der Waals surface area contributed by atoms with Gasteiger partial charge in [0, 0.05) is 6.54 Å². The van der Waals surface area contributed by atoms with Gasteiger partial charge in [0.25, 0.3) is 0 Å². The quantitative estimate of drug-likeness (QED) is 0.828. The number of benzene rings is 2. The highest BCUT2D eigenvalue weighted by atomic mass is 32.1. The Morgan fingerprint density at radius 3 is 2.41 bits per heavy atom. The predicted molar refractivity (Wildman–Crippen MR) is 93.3 cm³/mol. The van der Waals surface area contributed by atoms with E-state index < -0.39 is 0 Å². The number of thiocarbonyl (C=S) groups is 1. The smallest absolute Gasteiger partial charge is 0.167 e. The van der Waals surface area contributed by atoms with Gasteiger partial charge in [0.1, 0.15) is 5.82 Å². The van der Waals surface area contributed by atoms with Crippen LogP contribution < -0.4 is 10.6 Å². The molecule has 2 aromatic rings. The summed E-state index contributed by atoms with van der Waals surface area (Å²) in [6.45, 7) is 6.87. The Bertz CT molecular complexity index is 653. The van der Waals surface area contributed by atoms with E-state index in [4.69, 9.17) is 12.2 Å². The Morgan fingerprint density at radius 2 is 1.77 bits per heavy atom. The summed E-state index contributed by atoms with van der Waals surface area (Å²) in [5.41, 5.74) is 4.75. The van der Waals surface area contributed by atoms with Crippen LogP contribution in [0, 0.1) is 19.7 Å². The first-order valence-corrected chi connectivity index (χ1v) is 7.72. The second kappa shape index (κ2) is 7.36. The Kier molecular flexibility index (Phi) is 5.50. The maximum atomic E-state index is 12.8. The Morgan fingerprint density at radius 1 is 1.09 bits per heavy atom. The van der Waals surface area contributed by atoms with E-state index in [2.05, 4.69) is 49.6 Å². The second-order valence-corrected chi connectivity index (χ2v) is 5.93. The largest absolute Gasteiger partial charge is 0.359 e. The molecule has 2 aromatic carbocycles. The first-order chi connectivity index (χ1) is 10.5. The van der Waals surface area contributed by atoms with E-state index in [1.54, 1.807) is 12.1 Å². The third kappa shape index (κ3) is 4.53. The van der Waals surface area contributed by atoms with Crippen LogP contribution in [0.25, 0.3) is 0 Å². The molecule has 0 unspecified atom stereocenters. The maximum Gasteiger partial charge on any atom is 0.167 e. The summed E-state index contributed by atoms with van der Waals surface area (Å²) >= 11 is 5.32. The molecule has 116 valence electrons. The number of hydrogen-bond acceptors (Lipinski definition) is 1.